The molecule has 0 spiro atoms. The number of benzene rings is 1. The van der Waals surface area contributed by atoms with Crippen LogP contribution in [0, 0.1) is 24.4 Å². The fraction of sp³-hybridized carbons (Fsp3) is 0.267. The van der Waals surface area contributed by atoms with Crippen LogP contribution >= 0.6 is 0 Å². The van der Waals surface area contributed by atoms with Gasteiger partial charge in [0, 0.05) is 11.8 Å². The zero-order valence-corrected chi connectivity index (χ0v) is 11.3. The molecular formula is C15H15F3N2. The third-order valence-electron chi connectivity index (χ3n) is 3.08. The predicted octanol–water partition coefficient (Wildman–Crippen LogP) is 3.51. The van der Waals surface area contributed by atoms with E-state index in [2.05, 4.69) is 10.3 Å². The lowest BCUT2D eigenvalue weighted by Gasteiger charge is -2.20. The molecule has 2 aromatic rings. The largest absolute Gasteiger partial charge is 0.305 e. The molecule has 2 nitrogen and oxygen atoms in total. The molecule has 0 aliphatic carbocycles. The second-order valence-corrected chi connectivity index (χ2v) is 4.45. The molecule has 5 heteroatoms. The Morgan fingerprint density at radius 3 is 2.55 bits per heavy atom. The number of hydrogen-bond acceptors (Lipinski definition) is 2. The molecule has 0 saturated carbocycles. The van der Waals surface area contributed by atoms with Gasteiger partial charge in [-0.2, -0.15) is 0 Å². The summed E-state index contributed by atoms with van der Waals surface area (Å²) in [4.78, 5) is 3.91. The van der Waals surface area contributed by atoms with E-state index in [4.69, 9.17) is 0 Å². The summed E-state index contributed by atoms with van der Waals surface area (Å²) in [6, 6.07) is 4.23. The number of aromatic nitrogens is 1. The lowest BCUT2D eigenvalue weighted by molar-refractivity contribution is 0.484. The van der Waals surface area contributed by atoms with Crippen molar-refractivity contribution in [3.8, 4) is 0 Å². The van der Waals surface area contributed by atoms with E-state index in [9.17, 15) is 13.2 Å². The fourth-order valence-electron chi connectivity index (χ4n) is 2.09. The first-order valence-electron chi connectivity index (χ1n) is 6.34. The van der Waals surface area contributed by atoms with Crippen LogP contribution in [0.4, 0.5) is 13.2 Å². The first-order chi connectivity index (χ1) is 9.56. The third kappa shape index (κ3) is 2.67. The topological polar surface area (TPSA) is 24.9 Å². The van der Waals surface area contributed by atoms with Gasteiger partial charge in [0.1, 0.15) is 17.5 Å². The van der Waals surface area contributed by atoms with Gasteiger partial charge in [-0.1, -0.05) is 13.0 Å². The van der Waals surface area contributed by atoms with Crippen LogP contribution in [0.3, 0.4) is 0 Å². The van der Waals surface area contributed by atoms with Gasteiger partial charge >= 0.3 is 0 Å². The van der Waals surface area contributed by atoms with Crippen molar-refractivity contribution in [1.29, 1.82) is 0 Å². The van der Waals surface area contributed by atoms with Crippen molar-refractivity contribution in [1.82, 2.24) is 10.3 Å². The van der Waals surface area contributed by atoms with E-state index in [1.165, 1.54) is 37.4 Å². The molecule has 1 aromatic heterocycles. The molecule has 0 saturated heterocycles. The van der Waals surface area contributed by atoms with Crippen molar-refractivity contribution in [2.45, 2.75) is 19.9 Å². The zero-order chi connectivity index (χ0) is 14.7. The van der Waals surface area contributed by atoms with Crippen molar-refractivity contribution in [3.63, 3.8) is 0 Å². The van der Waals surface area contributed by atoms with Crippen LogP contribution in [0.2, 0.25) is 0 Å². The van der Waals surface area contributed by atoms with Gasteiger partial charge in [-0.3, -0.25) is 4.98 Å². The number of halogens is 3. The van der Waals surface area contributed by atoms with Crippen LogP contribution in [0.15, 0.2) is 30.5 Å². The minimum absolute atomic E-state index is 0.0160. The summed E-state index contributed by atoms with van der Waals surface area (Å²) in [7, 11) is 0. The van der Waals surface area contributed by atoms with E-state index in [0.29, 0.717) is 12.1 Å². The molecule has 1 N–H and O–H groups in total. The SMILES string of the molecule is CCNC(c1ncccc1F)c1c(F)ccc(C)c1F. The van der Waals surface area contributed by atoms with Gasteiger partial charge in [0.15, 0.2) is 0 Å². The standard InChI is InChI=1S/C15H15F3N2/c1-3-19-15(14-11(17)5-4-8-20-14)12-10(16)7-6-9(2)13(12)18/h4-8,15,19H,3H2,1-2H3. The monoisotopic (exact) mass is 280 g/mol. The molecular weight excluding hydrogens is 265 g/mol. The van der Waals surface area contributed by atoms with Crippen molar-refractivity contribution < 1.29 is 13.2 Å². The molecule has 20 heavy (non-hydrogen) atoms. The van der Waals surface area contributed by atoms with Crippen LogP contribution in [0.1, 0.15) is 29.8 Å². The second-order valence-electron chi connectivity index (χ2n) is 4.45. The molecule has 0 aliphatic heterocycles. The predicted molar refractivity (Wildman–Crippen MR) is 70.8 cm³/mol. The highest BCUT2D eigenvalue weighted by Gasteiger charge is 2.25. The summed E-state index contributed by atoms with van der Waals surface area (Å²) in [5, 5.41) is 2.88. The highest BCUT2D eigenvalue weighted by atomic mass is 19.1. The Labute approximate surface area is 115 Å². The Hall–Kier alpha value is -1.88. The summed E-state index contributed by atoms with van der Waals surface area (Å²) in [6.07, 6.45) is 1.40. The van der Waals surface area contributed by atoms with Crippen molar-refractivity contribution in [3.05, 3.63) is 64.7 Å². The molecule has 0 bridgehead atoms. The lowest BCUT2D eigenvalue weighted by atomic mass is 9.99. The van der Waals surface area contributed by atoms with E-state index in [0.717, 1.165) is 0 Å². The maximum Gasteiger partial charge on any atom is 0.146 e. The smallest absolute Gasteiger partial charge is 0.146 e. The Balaban J connectivity index is 2.61. The van der Waals surface area contributed by atoms with Crippen LogP contribution in [0.5, 0.6) is 0 Å². The summed E-state index contributed by atoms with van der Waals surface area (Å²) < 4.78 is 42.1. The maximum atomic E-state index is 14.2. The third-order valence-corrected chi connectivity index (χ3v) is 3.08. The average molecular weight is 280 g/mol. The Kier molecular flexibility index (Phi) is 4.39. The summed E-state index contributed by atoms with van der Waals surface area (Å²) >= 11 is 0. The molecule has 1 aromatic carbocycles. The van der Waals surface area contributed by atoms with Gasteiger partial charge in [-0.05, 0) is 37.2 Å². The van der Waals surface area contributed by atoms with Crippen LogP contribution in [-0.2, 0) is 0 Å². The Bertz CT molecular complexity index is 614. The molecule has 0 fully saturated rings. The Morgan fingerprint density at radius 1 is 1.15 bits per heavy atom. The minimum Gasteiger partial charge on any atom is -0.305 e. The number of hydrogen-bond donors (Lipinski definition) is 1. The van der Waals surface area contributed by atoms with Crippen LogP contribution in [-0.4, -0.2) is 11.5 Å². The molecule has 0 aliphatic rings. The van der Waals surface area contributed by atoms with E-state index >= 15 is 0 Å². The van der Waals surface area contributed by atoms with Crippen molar-refractivity contribution >= 4 is 0 Å². The summed E-state index contributed by atoms with van der Waals surface area (Å²) in [6.45, 7) is 3.74. The quantitative estimate of drug-likeness (QED) is 0.927. The number of pyridine rings is 1. The van der Waals surface area contributed by atoms with E-state index in [-0.39, 0.29) is 11.3 Å². The second kappa shape index (κ2) is 6.05. The number of nitrogens with one attached hydrogen (secondary N) is 1. The molecule has 1 unspecified atom stereocenters. The van der Waals surface area contributed by atoms with Gasteiger partial charge in [0.25, 0.3) is 0 Å². The van der Waals surface area contributed by atoms with Crippen LogP contribution < -0.4 is 5.32 Å². The van der Waals surface area contributed by atoms with Gasteiger partial charge in [0.05, 0.1) is 11.7 Å². The normalized spacial score (nSPS) is 12.4. The van der Waals surface area contributed by atoms with Gasteiger partial charge in [-0.25, -0.2) is 13.2 Å². The highest BCUT2D eigenvalue weighted by molar-refractivity contribution is 5.34. The van der Waals surface area contributed by atoms with E-state index in [1.54, 1.807) is 6.92 Å². The average Bonchev–Trinajstić information content (AvgIpc) is 2.43. The first kappa shape index (κ1) is 14.5. The number of rotatable bonds is 4. The van der Waals surface area contributed by atoms with Gasteiger partial charge < -0.3 is 5.32 Å². The van der Waals surface area contributed by atoms with Crippen molar-refractivity contribution in [2.24, 2.45) is 0 Å². The van der Waals surface area contributed by atoms with Crippen LogP contribution in [0.25, 0.3) is 0 Å². The zero-order valence-electron chi connectivity index (χ0n) is 11.3. The van der Waals surface area contributed by atoms with Gasteiger partial charge in [0.2, 0.25) is 0 Å². The molecule has 1 atom stereocenters. The molecule has 0 amide bonds. The lowest BCUT2D eigenvalue weighted by Crippen LogP contribution is -2.26. The minimum atomic E-state index is -0.957. The summed E-state index contributed by atoms with van der Waals surface area (Å²) in [5.41, 5.74) is 0.0860. The molecule has 106 valence electrons. The fourth-order valence-corrected chi connectivity index (χ4v) is 2.09. The maximum absolute atomic E-state index is 14.2. The van der Waals surface area contributed by atoms with Crippen molar-refractivity contribution in [2.75, 3.05) is 6.54 Å². The number of nitrogens with zero attached hydrogens (tertiary/aromatic N) is 1. The molecule has 1 heterocycles. The first-order valence-corrected chi connectivity index (χ1v) is 6.34. The molecule has 2 rings (SSSR count). The van der Waals surface area contributed by atoms with Gasteiger partial charge in [-0.15, -0.1) is 0 Å². The van der Waals surface area contributed by atoms with E-state index in [1.807, 2.05) is 0 Å². The highest BCUT2D eigenvalue weighted by Crippen LogP contribution is 2.28. The van der Waals surface area contributed by atoms with E-state index < -0.39 is 23.5 Å². The number of aryl methyl sites for hydroxylation is 1. The molecule has 0 radical (unpaired) electrons. The Morgan fingerprint density at radius 2 is 1.90 bits per heavy atom. The summed E-state index contributed by atoms with van der Waals surface area (Å²) in [5.74, 6) is -2.00.